The molecular formula is C17H20N2O2S. The quantitative estimate of drug-likeness (QED) is 0.866. The van der Waals surface area contributed by atoms with Crippen molar-refractivity contribution in [2.45, 2.75) is 30.7 Å². The highest BCUT2D eigenvalue weighted by atomic mass is 32.2. The largest absolute Gasteiger partial charge is 0.488 e. The molecule has 0 aliphatic carbocycles. The first-order valence-electron chi connectivity index (χ1n) is 7.69. The van der Waals surface area contributed by atoms with Gasteiger partial charge in [0.15, 0.2) is 0 Å². The third kappa shape index (κ3) is 2.88. The van der Waals surface area contributed by atoms with E-state index in [1.54, 1.807) is 12.4 Å². The highest BCUT2D eigenvalue weighted by Gasteiger charge is 2.49. The number of aromatic nitrogens is 1. The summed E-state index contributed by atoms with van der Waals surface area (Å²) < 4.78 is 12.1. The van der Waals surface area contributed by atoms with Crippen LogP contribution < -0.4 is 4.74 Å². The lowest BCUT2D eigenvalue weighted by molar-refractivity contribution is 0.0853. The molecule has 116 valence electrons. The minimum atomic E-state index is 0.308. The maximum Gasteiger partial charge on any atom is 0.138 e. The predicted octanol–water partition coefficient (Wildman–Crippen LogP) is 3.12. The average molecular weight is 316 g/mol. The van der Waals surface area contributed by atoms with Crippen molar-refractivity contribution in [1.82, 2.24) is 9.88 Å². The number of hydrogen-bond acceptors (Lipinski definition) is 5. The van der Waals surface area contributed by atoms with Crippen molar-refractivity contribution in [3.05, 3.63) is 48.2 Å². The van der Waals surface area contributed by atoms with E-state index in [2.05, 4.69) is 27.7 Å². The number of thioether (sulfide) groups is 1. The minimum Gasteiger partial charge on any atom is -0.488 e. The van der Waals surface area contributed by atoms with Gasteiger partial charge in [0.25, 0.3) is 0 Å². The molecule has 22 heavy (non-hydrogen) atoms. The average Bonchev–Trinajstić information content (AvgIpc) is 3.07. The van der Waals surface area contributed by atoms with Gasteiger partial charge in [0.1, 0.15) is 23.4 Å². The zero-order valence-corrected chi connectivity index (χ0v) is 13.5. The second kappa shape index (κ2) is 5.63. The molecule has 1 atom stereocenters. The summed E-state index contributed by atoms with van der Waals surface area (Å²) >= 11 is 2.06. The molecule has 2 saturated heterocycles. The fourth-order valence-electron chi connectivity index (χ4n) is 3.38. The molecular weight excluding hydrogens is 296 g/mol. The summed E-state index contributed by atoms with van der Waals surface area (Å²) in [5, 5.41) is 0. The Morgan fingerprint density at radius 3 is 3.05 bits per heavy atom. The second-order valence-corrected chi connectivity index (χ2v) is 7.77. The van der Waals surface area contributed by atoms with E-state index in [1.165, 1.54) is 0 Å². The molecule has 0 radical (unpaired) electrons. The Bertz CT molecular complexity index is 637. The monoisotopic (exact) mass is 316 g/mol. The van der Waals surface area contributed by atoms with E-state index >= 15 is 0 Å². The van der Waals surface area contributed by atoms with Gasteiger partial charge in [0.2, 0.25) is 0 Å². The van der Waals surface area contributed by atoms with Crippen LogP contribution in [0.5, 0.6) is 5.75 Å². The number of pyridine rings is 1. The first-order valence-corrected chi connectivity index (χ1v) is 8.68. The predicted molar refractivity (Wildman–Crippen MR) is 87.2 cm³/mol. The Kier molecular flexibility index (Phi) is 3.62. The summed E-state index contributed by atoms with van der Waals surface area (Å²) in [6.07, 6.45) is 5.00. The molecule has 0 saturated carbocycles. The van der Waals surface area contributed by atoms with Crippen LogP contribution in [-0.4, -0.2) is 39.6 Å². The van der Waals surface area contributed by atoms with Crippen LogP contribution in [0.2, 0.25) is 0 Å². The summed E-state index contributed by atoms with van der Waals surface area (Å²) in [5.41, 5.74) is 0. The van der Waals surface area contributed by atoms with Gasteiger partial charge in [-0.3, -0.25) is 9.88 Å². The molecule has 5 heteroatoms. The van der Waals surface area contributed by atoms with E-state index in [-0.39, 0.29) is 0 Å². The Morgan fingerprint density at radius 1 is 1.41 bits per heavy atom. The van der Waals surface area contributed by atoms with Gasteiger partial charge in [-0.25, -0.2) is 0 Å². The molecule has 2 aromatic heterocycles. The van der Waals surface area contributed by atoms with Gasteiger partial charge >= 0.3 is 0 Å². The first kappa shape index (κ1) is 14.2. The second-order valence-electron chi connectivity index (χ2n) is 6.28. The third-order valence-electron chi connectivity index (χ3n) is 4.31. The molecule has 4 nitrogen and oxygen atoms in total. The molecule has 4 heterocycles. The molecule has 1 spiro atoms. The molecule has 0 bridgehead atoms. The number of hydrogen-bond donors (Lipinski definition) is 0. The van der Waals surface area contributed by atoms with Crippen LogP contribution >= 0.6 is 11.8 Å². The maximum absolute atomic E-state index is 6.04. The zero-order chi connectivity index (χ0) is 15.0. The zero-order valence-electron chi connectivity index (χ0n) is 12.7. The SMILES string of the molecule is Cc1ccc(CN2CC3(C[C@H](Oc4cccnc4)CS3)C2)o1. The Balaban J connectivity index is 1.29. The Hall–Kier alpha value is -1.46. The number of aryl methyl sites for hydroxylation is 1. The van der Waals surface area contributed by atoms with Crippen molar-refractivity contribution in [2.24, 2.45) is 0 Å². The molecule has 2 fully saturated rings. The highest BCUT2D eigenvalue weighted by molar-refractivity contribution is 8.01. The number of nitrogens with zero attached hydrogens (tertiary/aromatic N) is 2. The van der Waals surface area contributed by atoms with Crippen LogP contribution in [0.1, 0.15) is 17.9 Å². The van der Waals surface area contributed by atoms with Crippen LogP contribution in [0.15, 0.2) is 41.1 Å². The van der Waals surface area contributed by atoms with E-state index < -0.39 is 0 Å². The summed E-state index contributed by atoms with van der Waals surface area (Å²) in [6.45, 7) is 5.17. The van der Waals surface area contributed by atoms with Gasteiger partial charge in [-0.1, -0.05) is 0 Å². The van der Waals surface area contributed by atoms with Gasteiger partial charge in [0, 0.05) is 36.2 Å². The third-order valence-corrected chi connectivity index (χ3v) is 5.89. The van der Waals surface area contributed by atoms with Gasteiger partial charge < -0.3 is 9.15 Å². The van der Waals surface area contributed by atoms with E-state index in [0.29, 0.717) is 10.9 Å². The summed E-state index contributed by atoms with van der Waals surface area (Å²) in [7, 11) is 0. The molecule has 2 aromatic rings. The molecule has 4 rings (SSSR count). The van der Waals surface area contributed by atoms with Gasteiger partial charge in [-0.05, 0) is 31.2 Å². The maximum atomic E-state index is 6.04. The normalized spacial score (nSPS) is 23.6. The molecule has 0 unspecified atom stereocenters. The fraction of sp³-hybridized carbons (Fsp3) is 0.471. The highest BCUT2D eigenvalue weighted by Crippen LogP contribution is 2.46. The topological polar surface area (TPSA) is 38.5 Å². The summed E-state index contributed by atoms with van der Waals surface area (Å²) in [4.78, 5) is 6.56. The summed E-state index contributed by atoms with van der Waals surface area (Å²) in [5.74, 6) is 4.01. The van der Waals surface area contributed by atoms with Gasteiger partial charge in [0.05, 0.1) is 12.7 Å². The lowest BCUT2D eigenvalue weighted by Gasteiger charge is -2.47. The smallest absolute Gasteiger partial charge is 0.138 e. The first-order chi connectivity index (χ1) is 10.7. The molecule has 0 N–H and O–H groups in total. The van der Waals surface area contributed by atoms with Crippen LogP contribution in [0.25, 0.3) is 0 Å². The lowest BCUT2D eigenvalue weighted by atomic mass is 9.93. The fourth-order valence-corrected chi connectivity index (χ4v) is 4.96. The molecule has 0 aromatic carbocycles. The van der Waals surface area contributed by atoms with E-state index in [0.717, 1.165) is 49.1 Å². The van der Waals surface area contributed by atoms with Crippen LogP contribution in [0.3, 0.4) is 0 Å². The number of ether oxygens (including phenoxy) is 1. The minimum absolute atomic E-state index is 0.308. The van der Waals surface area contributed by atoms with E-state index in [1.807, 2.05) is 25.1 Å². The van der Waals surface area contributed by atoms with Crippen LogP contribution in [0.4, 0.5) is 0 Å². The van der Waals surface area contributed by atoms with E-state index in [9.17, 15) is 0 Å². The molecule has 0 amide bonds. The Labute approximate surface area is 134 Å². The summed E-state index contributed by atoms with van der Waals surface area (Å²) in [6, 6.07) is 8.02. The molecule has 2 aliphatic rings. The van der Waals surface area contributed by atoms with Crippen LogP contribution in [-0.2, 0) is 6.54 Å². The van der Waals surface area contributed by atoms with Gasteiger partial charge in [-0.15, -0.1) is 11.8 Å². The number of rotatable bonds is 4. The van der Waals surface area contributed by atoms with Crippen molar-refractivity contribution in [2.75, 3.05) is 18.8 Å². The Morgan fingerprint density at radius 2 is 2.32 bits per heavy atom. The van der Waals surface area contributed by atoms with Gasteiger partial charge in [-0.2, -0.15) is 0 Å². The van der Waals surface area contributed by atoms with Crippen molar-refractivity contribution < 1.29 is 9.15 Å². The van der Waals surface area contributed by atoms with E-state index in [4.69, 9.17) is 9.15 Å². The van der Waals surface area contributed by atoms with Crippen molar-refractivity contribution >= 4 is 11.8 Å². The van der Waals surface area contributed by atoms with Crippen molar-refractivity contribution in [3.63, 3.8) is 0 Å². The molecule has 2 aliphatic heterocycles. The number of furan rings is 1. The standard InChI is InChI=1S/C17H20N2O2S/c1-13-4-5-15(20-13)9-19-11-17(12-19)7-16(10-22-17)21-14-3-2-6-18-8-14/h2-6,8,16H,7,9-12H2,1H3/t16-/m0/s1. The number of likely N-dealkylation sites (tertiary alicyclic amines) is 1. The van der Waals surface area contributed by atoms with Crippen LogP contribution in [0, 0.1) is 6.92 Å². The van der Waals surface area contributed by atoms with Crippen molar-refractivity contribution in [3.8, 4) is 5.75 Å². The lowest BCUT2D eigenvalue weighted by Crippen LogP contribution is -2.58. The van der Waals surface area contributed by atoms with Crippen molar-refractivity contribution in [1.29, 1.82) is 0 Å².